The van der Waals surface area contributed by atoms with Crippen molar-refractivity contribution in [2.24, 2.45) is 17.8 Å². The van der Waals surface area contributed by atoms with E-state index < -0.39 is 0 Å². The average molecular weight is 224 g/mol. The van der Waals surface area contributed by atoms with E-state index in [0.29, 0.717) is 0 Å². The molecule has 3 fully saturated rings. The number of rotatable bonds is 3. The van der Waals surface area contributed by atoms with Gasteiger partial charge in [-0.05, 0) is 37.0 Å². The van der Waals surface area contributed by atoms with E-state index in [-0.39, 0.29) is 18.2 Å². The number of carbonyl (C=O) groups is 1. The normalized spacial score (nSPS) is 44.7. The third kappa shape index (κ3) is 1.56. The Morgan fingerprint density at radius 3 is 2.50 bits per heavy atom. The van der Waals surface area contributed by atoms with Crippen LogP contribution in [0.25, 0.3) is 0 Å². The smallest absolute Gasteiger partial charge is 0.332 e. The number of ether oxygens (including phenoxy) is 2. The van der Waals surface area contributed by atoms with Gasteiger partial charge in [0.2, 0.25) is 0 Å². The summed E-state index contributed by atoms with van der Waals surface area (Å²) in [5.74, 6) is 2.35. The molecule has 2 unspecified atom stereocenters. The molecule has 0 saturated heterocycles. The van der Waals surface area contributed by atoms with Crippen LogP contribution >= 0.6 is 0 Å². The second kappa shape index (κ2) is 3.73. The summed E-state index contributed by atoms with van der Waals surface area (Å²) in [4.78, 5) is 11.6. The molecule has 0 aromatic heterocycles. The van der Waals surface area contributed by atoms with Crippen LogP contribution in [0.5, 0.6) is 0 Å². The van der Waals surface area contributed by atoms with Crippen molar-refractivity contribution in [2.45, 2.75) is 44.1 Å². The first-order valence-corrected chi connectivity index (χ1v) is 6.43. The molecule has 0 radical (unpaired) electrons. The highest BCUT2D eigenvalue weighted by molar-refractivity contribution is 5.71. The second-order valence-corrected chi connectivity index (χ2v) is 5.82. The van der Waals surface area contributed by atoms with E-state index in [4.69, 9.17) is 9.47 Å². The SMILES string of the molecule is COCC(=O)OC12CC3CCCC(C1)C3C2. The van der Waals surface area contributed by atoms with E-state index in [9.17, 15) is 4.79 Å². The predicted molar refractivity (Wildman–Crippen MR) is 58.9 cm³/mol. The maximum Gasteiger partial charge on any atom is 0.332 e. The first-order valence-electron chi connectivity index (χ1n) is 6.43. The number of carbonyl (C=O) groups excluding carboxylic acids is 1. The Kier molecular flexibility index (Phi) is 2.46. The van der Waals surface area contributed by atoms with Crippen LogP contribution in [-0.4, -0.2) is 25.3 Å². The lowest BCUT2D eigenvalue weighted by Crippen LogP contribution is -2.36. The molecule has 0 N–H and O–H groups in total. The van der Waals surface area contributed by atoms with Crippen molar-refractivity contribution in [3.63, 3.8) is 0 Å². The quantitative estimate of drug-likeness (QED) is 0.689. The van der Waals surface area contributed by atoms with Crippen LogP contribution in [0, 0.1) is 17.8 Å². The van der Waals surface area contributed by atoms with Gasteiger partial charge in [0.25, 0.3) is 0 Å². The van der Waals surface area contributed by atoms with Crippen molar-refractivity contribution < 1.29 is 14.3 Å². The average Bonchev–Trinajstić information content (AvgIpc) is 2.71. The van der Waals surface area contributed by atoms with Gasteiger partial charge in [-0.25, -0.2) is 4.79 Å². The fraction of sp³-hybridized carbons (Fsp3) is 0.923. The molecule has 0 amide bonds. The number of methoxy groups -OCH3 is 1. The van der Waals surface area contributed by atoms with Gasteiger partial charge in [0.1, 0.15) is 12.2 Å². The molecule has 2 bridgehead atoms. The van der Waals surface area contributed by atoms with Crippen molar-refractivity contribution in [3.8, 4) is 0 Å². The lowest BCUT2D eigenvalue weighted by Gasteiger charge is -2.38. The van der Waals surface area contributed by atoms with Crippen molar-refractivity contribution in [2.75, 3.05) is 13.7 Å². The maximum absolute atomic E-state index is 11.6. The molecule has 2 atom stereocenters. The largest absolute Gasteiger partial charge is 0.457 e. The molecular formula is C13H20O3. The summed E-state index contributed by atoms with van der Waals surface area (Å²) >= 11 is 0. The van der Waals surface area contributed by atoms with Crippen molar-refractivity contribution in [1.29, 1.82) is 0 Å². The van der Waals surface area contributed by atoms with Gasteiger partial charge in [-0.2, -0.15) is 0 Å². The van der Waals surface area contributed by atoms with Crippen LogP contribution in [0.15, 0.2) is 0 Å². The lowest BCUT2D eigenvalue weighted by atomic mass is 9.71. The van der Waals surface area contributed by atoms with Crippen LogP contribution in [0.3, 0.4) is 0 Å². The highest BCUT2D eigenvalue weighted by Crippen LogP contribution is 2.61. The van der Waals surface area contributed by atoms with E-state index in [1.54, 1.807) is 7.11 Å². The van der Waals surface area contributed by atoms with Gasteiger partial charge < -0.3 is 9.47 Å². The Morgan fingerprint density at radius 2 is 1.94 bits per heavy atom. The third-order valence-electron chi connectivity index (χ3n) is 4.83. The summed E-state index contributed by atoms with van der Waals surface area (Å²) in [6, 6.07) is 0. The van der Waals surface area contributed by atoms with E-state index in [1.807, 2.05) is 0 Å². The van der Waals surface area contributed by atoms with Gasteiger partial charge in [0.15, 0.2) is 0 Å². The fourth-order valence-electron chi connectivity index (χ4n) is 4.44. The van der Waals surface area contributed by atoms with Gasteiger partial charge in [-0.1, -0.05) is 19.3 Å². The monoisotopic (exact) mass is 224 g/mol. The van der Waals surface area contributed by atoms with Gasteiger partial charge >= 0.3 is 5.97 Å². The molecule has 16 heavy (non-hydrogen) atoms. The fourth-order valence-corrected chi connectivity index (χ4v) is 4.44. The molecule has 0 aromatic rings. The molecule has 0 spiro atoms. The molecule has 3 saturated carbocycles. The number of hydrogen-bond donors (Lipinski definition) is 0. The number of fused-ring (bicyclic) bond motifs is 1. The number of esters is 1. The summed E-state index contributed by atoms with van der Waals surface area (Å²) in [7, 11) is 1.54. The van der Waals surface area contributed by atoms with Crippen molar-refractivity contribution in [1.82, 2.24) is 0 Å². The molecule has 0 aliphatic heterocycles. The first-order chi connectivity index (χ1) is 7.72. The van der Waals surface area contributed by atoms with Gasteiger partial charge in [-0.15, -0.1) is 0 Å². The molecule has 0 aromatic carbocycles. The van der Waals surface area contributed by atoms with Crippen LogP contribution in [0.4, 0.5) is 0 Å². The minimum atomic E-state index is -0.178. The second-order valence-electron chi connectivity index (χ2n) is 5.82. The summed E-state index contributed by atoms with van der Waals surface area (Å²) in [5.41, 5.74) is -0.101. The minimum Gasteiger partial charge on any atom is -0.457 e. The standard InChI is InChI=1S/C13H20O3/c1-15-8-12(14)16-13-5-9-3-2-4-10(6-13)11(9)7-13/h9-11H,2-8H2,1H3. The van der Waals surface area contributed by atoms with Crippen LogP contribution < -0.4 is 0 Å². The highest BCUT2D eigenvalue weighted by atomic mass is 16.6. The Bertz CT molecular complexity index is 280. The molecule has 3 aliphatic carbocycles. The van der Waals surface area contributed by atoms with E-state index in [1.165, 1.54) is 19.3 Å². The van der Waals surface area contributed by atoms with Gasteiger partial charge in [0.05, 0.1) is 0 Å². The molecule has 3 nitrogen and oxygen atoms in total. The summed E-state index contributed by atoms with van der Waals surface area (Å²) in [6.45, 7) is 0.0990. The zero-order valence-electron chi connectivity index (χ0n) is 9.91. The molecule has 0 heterocycles. The summed E-state index contributed by atoms with van der Waals surface area (Å²) < 4.78 is 10.5. The van der Waals surface area contributed by atoms with E-state index >= 15 is 0 Å². The first kappa shape index (κ1) is 10.6. The predicted octanol–water partition coefficient (Wildman–Crippen LogP) is 2.14. The summed E-state index contributed by atoms with van der Waals surface area (Å²) in [5, 5.41) is 0. The molecule has 3 heteroatoms. The molecule has 90 valence electrons. The lowest BCUT2D eigenvalue weighted by molar-refractivity contribution is -0.164. The zero-order chi connectivity index (χ0) is 11.2. The third-order valence-corrected chi connectivity index (χ3v) is 4.83. The van der Waals surface area contributed by atoms with Crippen LogP contribution in [-0.2, 0) is 14.3 Å². The Hall–Kier alpha value is -0.570. The molecule has 3 aliphatic rings. The summed E-state index contributed by atoms with van der Waals surface area (Å²) in [6.07, 6.45) is 7.44. The Balaban J connectivity index is 1.69. The van der Waals surface area contributed by atoms with E-state index in [2.05, 4.69) is 0 Å². The van der Waals surface area contributed by atoms with Crippen molar-refractivity contribution >= 4 is 5.97 Å². The van der Waals surface area contributed by atoms with Gasteiger partial charge in [-0.3, -0.25) is 0 Å². The Morgan fingerprint density at radius 1 is 1.25 bits per heavy atom. The molecular weight excluding hydrogens is 204 g/mol. The van der Waals surface area contributed by atoms with Crippen LogP contribution in [0.2, 0.25) is 0 Å². The van der Waals surface area contributed by atoms with Crippen molar-refractivity contribution in [3.05, 3.63) is 0 Å². The Labute approximate surface area is 96.5 Å². The minimum absolute atomic E-state index is 0.0990. The molecule has 3 rings (SSSR count). The van der Waals surface area contributed by atoms with Crippen LogP contribution in [0.1, 0.15) is 38.5 Å². The highest BCUT2D eigenvalue weighted by Gasteiger charge is 2.58. The van der Waals surface area contributed by atoms with E-state index in [0.717, 1.165) is 37.0 Å². The number of hydrogen-bond acceptors (Lipinski definition) is 3. The zero-order valence-corrected chi connectivity index (χ0v) is 9.91. The maximum atomic E-state index is 11.6. The van der Waals surface area contributed by atoms with Gasteiger partial charge in [0, 0.05) is 7.11 Å². The topological polar surface area (TPSA) is 35.5 Å².